The maximum Gasteiger partial charge on any atom is 0.254 e. The summed E-state index contributed by atoms with van der Waals surface area (Å²) in [6.45, 7) is 7.06. The minimum absolute atomic E-state index is 0.146. The van der Waals surface area contributed by atoms with Gasteiger partial charge in [-0.25, -0.2) is 4.39 Å². The summed E-state index contributed by atoms with van der Waals surface area (Å²) in [5.74, 6) is 0.175. The van der Waals surface area contributed by atoms with Gasteiger partial charge in [0, 0.05) is 23.7 Å². The zero-order valence-electron chi connectivity index (χ0n) is 15.8. The van der Waals surface area contributed by atoms with E-state index in [1.54, 1.807) is 4.90 Å². The molecule has 0 N–H and O–H groups in total. The van der Waals surface area contributed by atoms with Gasteiger partial charge in [-0.2, -0.15) is 0 Å². The molecule has 3 rings (SSSR count). The Hall–Kier alpha value is -2.95. The number of aromatic nitrogens is 1. The molecule has 0 saturated heterocycles. The van der Waals surface area contributed by atoms with Crippen molar-refractivity contribution in [3.63, 3.8) is 0 Å². The molecule has 0 aliphatic rings. The van der Waals surface area contributed by atoms with Crippen LogP contribution in [0.5, 0.6) is 0 Å². The van der Waals surface area contributed by atoms with Gasteiger partial charge in [0.15, 0.2) is 5.76 Å². The molecule has 0 bridgehead atoms. The van der Waals surface area contributed by atoms with Crippen LogP contribution in [0.3, 0.4) is 0 Å². The minimum atomic E-state index is -0.358. The summed E-state index contributed by atoms with van der Waals surface area (Å²) in [4.78, 5) is 14.5. The Balaban J connectivity index is 1.79. The molecule has 1 aromatic heterocycles. The van der Waals surface area contributed by atoms with Gasteiger partial charge in [-0.1, -0.05) is 24.2 Å². The molecule has 0 fully saturated rings. The molecule has 0 atom stereocenters. The van der Waals surface area contributed by atoms with Crippen molar-refractivity contribution in [3.8, 4) is 11.3 Å². The van der Waals surface area contributed by atoms with Crippen molar-refractivity contribution in [2.24, 2.45) is 0 Å². The molecule has 1 amide bonds. The van der Waals surface area contributed by atoms with Crippen molar-refractivity contribution in [2.75, 3.05) is 6.54 Å². The summed E-state index contributed by atoms with van der Waals surface area (Å²) < 4.78 is 18.6. The lowest BCUT2D eigenvalue weighted by atomic mass is 10.0. The fraction of sp³-hybridized carbons (Fsp3) is 0.273. The molecule has 0 unspecified atom stereocenters. The molecule has 140 valence electrons. The van der Waals surface area contributed by atoms with Crippen molar-refractivity contribution in [1.82, 2.24) is 10.1 Å². The van der Waals surface area contributed by atoms with Gasteiger partial charge in [-0.05, 0) is 61.7 Å². The predicted molar refractivity (Wildman–Crippen MR) is 103 cm³/mol. The highest BCUT2D eigenvalue weighted by Gasteiger charge is 2.18. The Morgan fingerprint density at radius 3 is 2.48 bits per heavy atom. The van der Waals surface area contributed by atoms with E-state index in [1.165, 1.54) is 35.4 Å². The van der Waals surface area contributed by atoms with Crippen LogP contribution < -0.4 is 0 Å². The van der Waals surface area contributed by atoms with Crippen LogP contribution in [0.2, 0.25) is 0 Å². The molecular formula is C22H23FN2O2. The van der Waals surface area contributed by atoms with E-state index < -0.39 is 0 Å². The van der Waals surface area contributed by atoms with Gasteiger partial charge in [0.25, 0.3) is 5.91 Å². The van der Waals surface area contributed by atoms with E-state index in [9.17, 15) is 9.18 Å². The van der Waals surface area contributed by atoms with Crippen LogP contribution in [0.4, 0.5) is 4.39 Å². The lowest BCUT2D eigenvalue weighted by Gasteiger charge is -2.21. The molecule has 5 heteroatoms. The zero-order chi connectivity index (χ0) is 19.4. The average molecular weight is 366 g/mol. The second kappa shape index (κ2) is 8.16. The average Bonchev–Trinajstić information content (AvgIpc) is 3.12. The molecular weight excluding hydrogens is 343 g/mol. The molecule has 0 spiro atoms. The number of carbonyl (C=O) groups excluding carboxylic acids is 1. The Kier molecular flexibility index (Phi) is 5.69. The smallest absolute Gasteiger partial charge is 0.254 e. The number of nitrogens with zero attached hydrogens (tertiary/aromatic N) is 2. The van der Waals surface area contributed by atoms with E-state index in [0.29, 0.717) is 30.1 Å². The minimum Gasteiger partial charge on any atom is -0.356 e. The molecule has 27 heavy (non-hydrogen) atoms. The van der Waals surface area contributed by atoms with E-state index in [-0.39, 0.29) is 11.7 Å². The summed E-state index contributed by atoms with van der Waals surface area (Å²) in [5, 5.41) is 4.13. The highest BCUT2D eigenvalue weighted by atomic mass is 19.1. The van der Waals surface area contributed by atoms with Gasteiger partial charge >= 0.3 is 0 Å². The monoisotopic (exact) mass is 366 g/mol. The van der Waals surface area contributed by atoms with Crippen LogP contribution in [-0.2, 0) is 6.54 Å². The number of halogens is 1. The van der Waals surface area contributed by atoms with Gasteiger partial charge in [-0.15, -0.1) is 0 Å². The standard InChI is InChI=1S/C22H23FN2O2/c1-4-11-25(22(26)17-7-9-19(23)10-8-17)14-20-13-21(27-24-20)18-6-5-15(2)16(3)12-18/h5-10,12-13H,4,11,14H2,1-3H3. The first kappa shape index (κ1) is 18.8. The largest absolute Gasteiger partial charge is 0.356 e. The van der Waals surface area contributed by atoms with E-state index in [2.05, 4.69) is 25.1 Å². The van der Waals surface area contributed by atoms with Crippen LogP contribution in [-0.4, -0.2) is 22.5 Å². The first-order valence-electron chi connectivity index (χ1n) is 9.06. The first-order chi connectivity index (χ1) is 13.0. The number of benzene rings is 2. The van der Waals surface area contributed by atoms with Crippen molar-refractivity contribution >= 4 is 5.91 Å². The fourth-order valence-corrected chi connectivity index (χ4v) is 2.91. The molecule has 0 radical (unpaired) electrons. The van der Waals surface area contributed by atoms with Crippen LogP contribution >= 0.6 is 0 Å². The Morgan fingerprint density at radius 2 is 1.81 bits per heavy atom. The van der Waals surface area contributed by atoms with Gasteiger partial charge in [0.1, 0.15) is 11.5 Å². The number of carbonyl (C=O) groups is 1. The Bertz CT molecular complexity index is 932. The lowest BCUT2D eigenvalue weighted by Crippen LogP contribution is -2.31. The predicted octanol–water partition coefficient (Wildman–Crippen LogP) is 5.15. The van der Waals surface area contributed by atoms with Crippen LogP contribution in [0.1, 0.15) is 40.5 Å². The van der Waals surface area contributed by atoms with Crippen molar-refractivity contribution in [2.45, 2.75) is 33.7 Å². The number of hydrogen-bond acceptors (Lipinski definition) is 3. The summed E-state index contributed by atoms with van der Waals surface area (Å²) in [6, 6.07) is 13.6. The van der Waals surface area contributed by atoms with E-state index >= 15 is 0 Å². The summed E-state index contributed by atoms with van der Waals surface area (Å²) in [7, 11) is 0. The van der Waals surface area contributed by atoms with E-state index in [0.717, 1.165) is 12.0 Å². The normalized spacial score (nSPS) is 10.8. The first-order valence-corrected chi connectivity index (χ1v) is 9.06. The summed E-state index contributed by atoms with van der Waals surface area (Å²) >= 11 is 0. The third kappa shape index (κ3) is 4.42. The SMILES string of the molecule is CCCN(Cc1cc(-c2ccc(C)c(C)c2)on1)C(=O)c1ccc(F)cc1. The second-order valence-electron chi connectivity index (χ2n) is 6.72. The number of aryl methyl sites for hydroxylation is 2. The molecule has 3 aromatic rings. The Morgan fingerprint density at radius 1 is 1.07 bits per heavy atom. The molecule has 1 heterocycles. The van der Waals surface area contributed by atoms with Crippen molar-refractivity contribution < 1.29 is 13.7 Å². The maximum absolute atomic E-state index is 13.1. The number of amides is 1. The van der Waals surface area contributed by atoms with Crippen LogP contribution in [0.25, 0.3) is 11.3 Å². The van der Waals surface area contributed by atoms with Gasteiger partial charge in [0.05, 0.1) is 6.54 Å². The van der Waals surface area contributed by atoms with Crippen LogP contribution in [0, 0.1) is 19.7 Å². The molecule has 2 aromatic carbocycles. The van der Waals surface area contributed by atoms with Gasteiger partial charge in [-0.3, -0.25) is 4.79 Å². The third-order valence-corrected chi connectivity index (χ3v) is 4.58. The van der Waals surface area contributed by atoms with E-state index in [1.807, 2.05) is 25.1 Å². The van der Waals surface area contributed by atoms with E-state index in [4.69, 9.17) is 4.52 Å². The highest BCUT2D eigenvalue weighted by Crippen LogP contribution is 2.23. The number of hydrogen-bond donors (Lipinski definition) is 0. The number of rotatable bonds is 6. The van der Waals surface area contributed by atoms with Gasteiger partial charge < -0.3 is 9.42 Å². The second-order valence-corrected chi connectivity index (χ2v) is 6.72. The highest BCUT2D eigenvalue weighted by molar-refractivity contribution is 5.94. The third-order valence-electron chi connectivity index (χ3n) is 4.58. The van der Waals surface area contributed by atoms with Gasteiger partial charge in [0.2, 0.25) is 0 Å². The maximum atomic E-state index is 13.1. The van der Waals surface area contributed by atoms with Crippen molar-refractivity contribution in [3.05, 3.63) is 76.7 Å². The lowest BCUT2D eigenvalue weighted by molar-refractivity contribution is 0.0739. The molecule has 0 aliphatic heterocycles. The van der Waals surface area contributed by atoms with Crippen molar-refractivity contribution in [1.29, 1.82) is 0 Å². The molecule has 4 nitrogen and oxygen atoms in total. The fourth-order valence-electron chi connectivity index (χ4n) is 2.91. The topological polar surface area (TPSA) is 46.3 Å². The zero-order valence-corrected chi connectivity index (χ0v) is 15.8. The molecule has 0 aliphatic carbocycles. The Labute approximate surface area is 158 Å². The van der Waals surface area contributed by atoms with Crippen LogP contribution in [0.15, 0.2) is 53.1 Å². The molecule has 0 saturated carbocycles. The summed E-state index contributed by atoms with van der Waals surface area (Å²) in [6.07, 6.45) is 0.814. The quantitative estimate of drug-likeness (QED) is 0.606. The summed E-state index contributed by atoms with van der Waals surface area (Å²) in [5.41, 5.74) is 4.51.